The summed E-state index contributed by atoms with van der Waals surface area (Å²) in [5.41, 5.74) is 5.29. The number of carbonyl (C=O) groups excluding carboxylic acids is 1. The van der Waals surface area contributed by atoms with Crippen molar-refractivity contribution in [3.05, 3.63) is 94.3 Å². The standard InChI is InChI=1S/C29H27ClF3N3O2/c1-19-28(26-18-23(30)14-17-36(26)34-19)27(37)11-4-20-2-7-24(8-3-20)35-15-12-22(13-16-35)21-5-9-25(10-6-21)38-29(31,32)33/h2-3,5-10,14,17-18,22H,4,11-13,15-16H2,1H3. The minimum Gasteiger partial charge on any atom is -0.406 e. The highest BCUT2D eigenvalue weighted by Crippen LogP contribution is 2.32. The van der Waals surface area contributed by atoms with Crippen molar-refractivity contribution in [3.63, 3.8) is 0 Å². The number of aryl methyl sites for hydroxylation is 2. The molecule has 0 radical (unpaired) electrons. The molecule has 0 saturated carbocycles. The van der Waals surface area contributed by atoms with Gasteiger partial charge in [0.15, 0.2) is 5.78 Å². The van der Waals surface area contributed by atoms with Crippen molar-refractivity contribution in [2.75, 3.05) is 18.0 Å². The molecule has 0 aliphatic carbocycles. The fourth-order valence-corrected chi connectivity index (χ4v) is 5.31. The first kappa shape index (κ1) is 26.1. The van der Waals surface area contributed by atoms with Gasteiger partial charge in [0.05, 0.1) is 16.8 Å². The minimum atomic E-state index is -4.68. The van der Waals surface area contributed by atoms with Gasteiger partial charge in [0.25, 0.3) is 0 Å². The number of hydrogen-bond donors (Lipinski definition) is 0. The number of ketones is 1. The predicted molar refractivity (Wildman–Crippen MR) is 141 cm³/mol. The monoisotopic (exact) mass is 541 g/mol. The summed E-state index contributed by atoms with van der Waals surface area (Å²) in [6.45, 7) is 3.56. The molecule has 0 amide bonds. The zero-order chi connectivity index (χ0) is 26.9. The van der Waals surface area contributed by atoms with Crippen LogP contribution in [0, 0.1) is 6.92 Å². The number of carbonyl (C=O) groups is 1. The molecular weight excluding hydrogens is 515 g/mol. The number of fused-ring (bicyclic) bond motifs is 1. The molecule has 0 unspecified atom stereocenters. The molecule has 4 aromatic rings. The maximum absolute atomic E-state index is 13.0. The summed E-state index contributed by atoms with van der Waals surface area (Å²) >= 11 is 6.13. The number of aromatic nitrogens is 2. The molecule has 0 N–H and O–H groups in total. The van der Waals surface area contributed by atoms with Gasteiger partial charge in [0.2, 0.25) is 0 Å². The molecule has 5 rings (SSSR count). The summed E-state index contributed by atoms with van der Waals surface area (Å²) in [5, 5.41) is 4.99. The Morgan fingerprint density at radius 3 is 2.39 bits per heavy atom. The van der Waals surface area contributed by atoms with E-state index in [9.17, 15) is 18.0 Å². The van der Waals surface area contributed by atoms with Crippen molar-refractivity contribution in [2.45, 2.75) is 44.9 Å². The van der Waals surface area contributed by atoms with Crippen LogP contribution in [0.5, 0.6) is 5.75 Å². The number of pyridine rings is 1. The first-order valence-corrected chi connectivity index (χ1v) is 12.9. The van der Waals surface area contributed by atoms with Crippen LogP contribution in [0.1, 0.15) is 52.4 Å². The lowest BCUT2D eigenvalue weighted by molar-refractivity contribution is -0.274. The smallest absolute Gasteiger partial charge is 0.406 e. The predicted octanol–water partition coefficient (Wildman–Crippen LogP) is 7.39. The molecule has 0 bridgehead atoms. The lowest BCUT2D eigenvalue weighted by atomic mass is 9.89. The number of halogens is 4. The largest absolute Gasteiger partial charge is 0.573 e. The third-order valence-electron chi connectivity index (χ3n) is 7.07. The van der Waals surface area contributed by atoms with E-state index in [2.05, 4.69) is 39.0 Å². The lowest BCUT2D eigenvalue weighted by Gasteiger charge is -2.34. The van der Waals surface area contributed by atoms with Gasteiger partial charge in [0.1, 0.15) is 5.75 Å². The van der Waals surface area contributed by atoms with Gasteiger partial charge in [-0.15, -0.1) is 13.2 Å². The van der Waals surface area contributed by atoms with E-state index in [1.54, 1.807) is 35.0 Å². The minimum absolute atomic E-state index is 0.0453. The van der Waals surface area contributed by atoms with Crippen LogP contribution >= 0.6 is 11.6 Å². The fourth-order valence-electron chi connectivity index (χ4n) is 5.15. The van der Waals surface area contributed by atoms with Gasteiger partial charge in [0, 0.05) is 36.4 Å². The van der Waals surface area contributed by atoms with Crippen LogP contribution in [0.3, 0.4) is 0 Å². The highest BCUT2D eigenvalue weighted by Gasteiger charge is 2.31. The molecule has 1 aliphatic rings. The Labute approximate surface area is 223 Å². The highest BCUT2D eigenvalue weighted by atomic mass is 35.5. The number of piperidine rings is 1. The number of Topliss-reactive ketones (excluding diaryl/α,β-unsaturated/α-hetero) is 1. The number of benzene rings is 2. The molecule has 5 nitrogen and oxygen atoms in total. The molecule has 0 atom stereocenters. The fraction of sp³-hybridized carbons (Fsp3) is 0.310. The third kappa shape index (κ3) is 5.96. The molecule has 2 aromatic carbocycles. The number of rotatable bonds is 7. The molecule has 1 aliphatic heterocycles. The normalized spacial score (nSPS) is 14.7. The molecular formula is C29H27ClF3N3O2. The Bertz CT molecular complexity index is 1420. The zero-order valence-electron chi connectivity index (χ0n) is 20.8. The van der Waals surface area contributed by atoms with Crippen LogP contribution in [0.2, 0.25) is 5.02 Å². The average Bonchev–Trinajstić information content (AvgIpc) is 3.22. The first-order valence-electron chi connectivity index (χ1n) is 12.5. The number of ether oxygens (including phenoxy) is 1. The van der Waals surface area contributed by atoms with E-state index in [-0.39, 0.29) is 11.5 Å². The van der Waals surface area contributed by atoms with Crippen molar-refractivity contribution in [1.29, 1.82) is 0 Å². The summed E-state index contributed by atoms with van der Waals surface area (Å²) in [6, 6.07) is 18.0. The van der Waals surface area contributed by atoms with Crippen LogP contribution in [0.4, 0.5) is 18.9 Å². The van der Waals surface area contributed by atoms with E-state index in [1.807, 2.05) is 6.92 Å². The van der Waals surface area contributed by atoms with Gasteiger partial charge in [-0.2, -0.15) is 5.10 Å². The summed E-state index contributed by atoms with van der Waals surface area (Å²) in [4.78, 5) is 15.3. The molecule has 38 heavy (non-hydrogen) atoms. The Balaban J connectivity index is 1.15. The van der Waals surface area contributed by atoms with Crippen LogP contribution in [0.25, 0.3) is 5.52 Å². The quantitative estimate of drug-likeness (QED) is 0.229. The SMILES string of the molecule is Cc1nn2ccc(Cl)cc2c1C(=O)CCc1ccc(N2CCC(c3ccc(OC(F)(F)F)cc3)CC2)cc1. The first-order chi connectivity index (χ1) is 18.2. The second kappa shape index (κ2) is 10.7. The van der Waals surface area contributed by atoms with Gasteiger partial charge >= 0.3 is 6.36 Å². The van der Waals surface area contributed by atoms with Crippen LogP contribution in [-0.2, 0) is 6.42 Å². The molecule has 1 saturated heterocycles. The molecule has 3 heterocycles. The van der Waals surface area contributed by atoms with Crippen molar-refractivity contribution in [1.82, 2.24) is 9.61 Å². The molecule has 1 fully saturated rings. The van der Waals surface area contributed by atoms with Crippen molar-refractivity contribution >= 4 is 28.6 Å². The van der Waals surface area contributed by atoms with Crippen LogP contribution in [0.15, 0.2) is 66.9 Å². The van der Waals surface area contributed by atoms with Crippen molar-refractivity contribution < 1.29 is 22.7 Å². The topological polar surface area (TPSA) is 46.8 Å². The molecule has 0 spiro atoms. The zero-order valence-corrected chi connectivity index (χ0v) is 21.6. The number of anilines is 1. The van der Waals surface area contributed by atoms with Crippen LogP contribution in [-0.4, -0.2) is 34.8 Å². The highest BCUT2D eigenvalue weighted by molar-refractivity contribution is 6.31. The van der Waals surface area contributed by atoms with E-state index in [4.69, 9.17) is 11.6 Å². The number of alkyl halides is 3. The molecule has 9 heteroatoms. The number of hydrogen-bond acceptors (Lipinski definition) is 4. The lowest BCUT2D eigenvalue weighted by Crippen LogP contribution is -2.32. The summed E-state index contributed by atoms with van der Waals surface area (Å²) in [5.74, 6) is 0.150. The second-order valence-corrected chi connectivity index (χ2v) is 10.0. The van der Waals surface area contributed by atoms with Gasteiger partial charge in [-0.3, -0.25) is 4.79 Å². The van der Waals surface area contributed by atoms with E-state index in [0.29, 0.717) is 35.0 Å². The van der Waals surface area contributed by atoms with Gasteiger partial charge < -0.3 is 9.64 Å². The summed E-state index contributed by atoms with van der Waals surface area (Å²) in [6.07, 6.45) is -0.0799. The molecule has 2 aromatic heterocycles. The Hall–Kier alpha value is -3.52. The summed E-state index contributed by atoms with van der Waals surface area (Å²) in [7, 11) is 0. The van der Waals surface area contributed by atoms with E-state index in [1.165, 1.54) is 12.1 Å². The van der Waals surface area contributed by atoms with Gasteiger partial charge in [-0.1, -0.05) is 35.9 Å². The van der Waals surface area contributed by atoms with E-state index in [0.717, 1.165) is 48.3 Å². The number of nitrogens with zero attached hydrogens (tertiary/aromatic N) is 3. The van der Waals surface area contributed by atoms with Gasteiger partial charge in [-0.25, -0.2) is 4.52 Å². The van der Waals surface area contributed by atoms with Crippen molar-refractivity contribution in [3.8, 4) is 5.75 Å². The maximum atomic E-state index is 13.0. The maximum Gasteiger partial charge on any atom is 0.573 e. The Kier molecular flexibility index (Phi) is 7.34. The third-order valence-corrected chi connectivity index (χ3v) is 7.31. The van der Waals surface area contributed by atoms with Crippen molar-refractivity contribution in [2.24, 2.45) is 0 Å². The Morgan fingerprint density at radius 2 is 1.74 bits per heavy atom. The molecule has 198 valence electrons. The van der Waals surface area contributed by atoms with E-state index >= 15 is 0 Å². The van der Waals surface area contributed by atoms with Gasteiger partial charge in [-0.05, 0) is 79.6 Å². The Morgan fingerprint density at radius 1 is 1.05 bits per heavy atom. The second-order valence-electron chi connectivity index (χ2n) is 9.60. The van der Waals surface area contributed by atoms with Crippen LogP contribution < -0.4 is 9.64 Å². The summed E-state index contributed by atoms with van der Waals surface area (Å²) < 4.78 is 42.8. The van der Waals surface area contributed by atoms with E-state index < -0.39 is 6.36 Å². The average molecular weight is 542 g/mol.